The highest BCUT2D eigenvalue weighted by molar-refractivity contribution is 6.04. The second-order valence-corrected chi connectivity index (χ2v) is 3.85. The molecule has 1 heterocycles. The number of benzene rings is 1. The third kappa shape index (κ3) is 1.39. The summed E-state index contributed by atoms with van der Waals surface area (Å²) in [5.74, 6) is -0.494. The number of carbonyl (C=O) groups excluding carboxylic acids is 1. The van der Waals surface area contributed by atoms with E-state index in [1.54, 1.807) is 12.1 Å². The number of hydrogen-bond donors (Lipinski definition) is 1. The summed E-state index contributed by atoms with van der Waals surface area (Å²) in [6.45, 7) is 3.86. The van der Waals surface area contributed by atoms with Crippen molar-refractivity contribution in [2.75, 3.05) is 0 Å². The van der Waals surface area contributed by atoms with Crippen LogP contribution in [0.2, 0.25) is 0 Å². The number of hydrogen-bond acceptors (Lipinski definition) is 4. The summed E-state index contributed by atoms with van der Waals surface area (Å²) in [5.41, 5.74) is 6.73. The van der Waals surface area contributed by atoms with Gasteiger partial charge in [0.2, 0.25) is 5.52 Å². The van der Waals surface area contributed by atoms with Crippen molar-refractivity contribution in [2.45, 2.75) is 19.8 Å². The van der Waals surface area contributed by atoms with E-state index in [0.29, 0.717) is 0 Å². The van der Waals surface area contributed by atoms with Crippen molar-refractivity contribution in [1.82, 2.24) is 5.16 Å². The summed E-state index contributed by atoms with van der Waals surface area (Å²) in [5, 5.41) is 14.7. The Kier molecular flexibility index (Phi) is 2.26. The second-order valence-electron chi connectivity index (χ2n) is 3.85. The van der Waals surface area contributed by atoms with Gasteiger partial charge in [-0.25, -0.2) is 0 Å². The molecular weight excluding hydrogens is 210 g/mol. The number of nitrogens with two attached hydrogens (primary N) is 1. The number of aromatic nitrogens is 2. The van der Waals surface area contributed by atoms with Gasteiger partial charge in [0.05, 0.1) is 0 Å². The topological polar surface area (TPSA) is 96.1 Å². The van der Waals surface area contributed by atoms with Crippen LogP contribution < -0.4 is 10.6 Å². The van der Waals surface area contributed by atoms with Crippen LogP contribution in [0, 0.1) is 5.21 Å². The van der Waals surface area contributed by atoms with Crippen LogP contribution in [0.15, 0.2) is 16.8 Å². The molecule has 2 aromatic rings. The summed E-state index contributed by atoms with van der Waals surface area (Å²) in [4.78, 5) is 11.6. The van der Waals surface area contributed by atoms with Crippen LogP contribution in [0.25, 0.3) is 11.0 Å². The molecule has 6 heteroatoms. The van der Waals surface area contributed by atoms with Crippen molar-refractivity contribution in [1.29, 1.82) is 0 Å². The smallest absolute Gasteiger partial charge is 0.261 e. The highest BCUT2D eigenvalue weighted by Crippen LogP contribution is 2.24. The first-order chi connectivity index (χ1) is 7.52. The highest BCUT2D eigenvalue weighted by Gasteiger charge is 2.23. The van der Waals surface area contributed by atoms with Crippen LogP contribution in [0.3, 0.4) is 0 Å². The predicted molar refractivity (Wildman–Crippen MR) is 55.6 cm³/mol. The summed E-state index contributed by atoms with van der Waals surface area (Å²) in [6.07, 6.45) is 0. The van der Waals surface area contributed by atoms with Gasteiger partial charge >= 0.3 is 0 Å². The summed E-state index contributed by atoms with van der Waals surface area (Å²) < 4.78 is 4.44. The lowest BCUT2D eigenvalue weighted by Gasteiger charge is -2.07. The lowest BCUT2D eigenvalue weighted by molar-refractivity contribution is -0.782. The fourth-order valence-corrected chi connectivity index (χ4v) is 1.70. The number of fused-ring (bicyclic) bond motifs is 1. The molecule has 2 rings (SSSR count). The van der Waals surface area contributed by atoms with Crippen molar-refractivity contribution in [3.63, 3.8) is 0 Å². The van der Waals surface area contributed by atoms with Crippen molar-refractivity contribution in [3.8, 4) is 0 Å². The van der Waals surface area contributed by atoms with Gasteiger partial charge in [-0.2, -0.15) is 0 Å². The zero-order valence-corrected chi connectivity index (χ0v) is 8.93. The van der Waals surface area contributed by atoms with Gasteiger partial charge in [0, 0.05) is 5.16 Å². The molecule has 1 aromatic carbocycles. The molecule has 6 nitrogen and oxygen atoms in total. The molecule has 0 atom stereocenters. The molecular formula is C10H11N3O3. The van der Waals surface area contributed by atoms with Crippen LogP contribution in [0.4, 0.5) is 0 Å². The molecule has 0 saturated heterocycles. The second kappa shape index (κ2) is 3.48. The van der Waals surface area contributed by atoms with E-state index in [1.165, 1.54) is 0 Å². The molecule has 84 valence electrons. The summed E-state index contributed by atoms with van der Waals surface area (Å²) >= 11 is 0. The highest BCUT2D eigenvalue weighted by atomic mass is 16.8. The molecule has 0 radical (unpaired) electrons. The Hall–Kier alpha value is -2.11. The Morgan fingerprint density at radius 1 is 1.56 bits per heavy atom. The van der Waals surface area contributed by atoms with Crippen LogP contribution in [0.5, 0.6) is 0 Å². The van der Waals surface area contributed by atoms with Crippen molar-refractivity contribution in [3.05, 3.63) is 28.5 Å². The molecule has 1 aromatic heterocycles. The standard InChI is InChI=1S/C10H11N3O3/c1-5(2)6-3-4-7-9(8(6)10(11)14)12-16-13(7)15/h3-5H,1-2H3,(H2,11,14). The van der Waals surface area contributed by atoms with E-state index in [1.807, 2.05) is 13.8 Å². The average molecular weight is 221 g/mol. The quantitative estimate of drug-likeness (QED) is 0.754. The Bertz CT molecular complexity index is 560. The zero-order chi connectivity index (χ0) is 11.9. The van der Waals surface area contributed by atoms with Gasteiger partial charge in [0.15, 0.2) is 0 Å². The lowest BCUT2D eigenvalue weighted by atomic mass is 9.95. The molecule has 0 aliphatic heterocycles. The number of amides is 1. The van der Waals surface area contributed by atoms with Gasteiger partial charge < -0.3 is 10.9 Å². The van der Waals surface area contributed by atoms with Gasteiger partial charge in [0.25, 0.3) is 11.4 Å². The maximum atomic E-state index is 11.4. The fourth-order valence-electron chi connectivity index (χ4n) is 1.70. The maximum Gasteiger partial charge on any atom is 0.261 e. The third-order valence-corrected chi connectivity index (χ3v) is 2.46. The monoisotopic (exact) mass is 221 g/mol. The molecule has 16 heavy (non-hydrogen) atoms. The molecule has 0 fully saturated rings. The Morgan fingerprint density at radius 2 is 2.25 bits per heavy atom. The first-order valence-corrected chi connectivity index (χ1v) is 4.84. The van der Waals surface area contributed by atoms with E-state index >= 15 is 0 Å². The minimum Gasteiger partial charge on any atom is -0.365 e. The number of carbonyl (C=O) groups is 1. The van der Waals surface area contributed by atoms with E-state index in [-0.39, 0.29) is 27.4 Å². The SMILES string of the molecule is CC(C)c1ccc2c(no[n+]2[O-])c1C(N)=O. The van der Waals surface area contributed by atoms with Gasteiger partial charge in [-0.05, 0) is 22.5 Å². The van der Waals surface area contributed by atoms with Crippen LogP contribution >= 0.6 is 0 Å². The molecule has 2 N–H and O–H groups in total. The zero-order valence-electron chi connectivity index (χ0n) is 8.93. The van der Waals surface area contributed by atoms with Crippen molar-refractivity contribution >= 4 is 16.9 Å². The molecule has 1 amide bonds. The van der Waals surface area contributed by atoms with Crippen molar-refractivity contribution < 1.29 is 14.3 Å². The van der Waals surface area contributed by atoms with E-state index in [0.717, 1.165) is 5.56 Å². The fraction of sp³-hybridized carbons (Fsp3) is 0.300. The van der Waals surface area contributed by atoms with Gasteiger partial charge in [-0.15, -0.1) is 0 Å². The lowest BCUT2D eigenvalue weighted by Crippen LogP contribution is -2.23. The molecule has 0 aliphatic carbocycles. The largest absolute Gasteiger partial charge is 0.365 e. The summed E-state index contributed by atoms with van der Waals surface area (Å²) in [6, 6.07) is 3.26. The van der Waals surface area contributed by atoms with Gasteiger partial charge in [-0.3, -0.25) is 9.42 Å². The van der Waals surface area contributed by atoms with Gasteiger partial charge in [-0.1, -0.05) is 19.9 Å². The number of primary amides is 1. The molecule has 0 aliphatic rings. The minimum absolute atomic E-state index is 0.115. The van der Waals surface area contributed by atoms with Crippen LogP contribution in [0.1, 0.15) is 35.7 Å². The summed E-state index contributed by atoms with van der Waals surface area (Å²) in [7, 11) is 0. The first kappa shape index (κ1) is 10.4. The molecule has 0 bridgehead atoms. The van der Waals surface area contributed by atoms with Gasteiger partial charge in [0.1, 0.15) is 5.56 Å². The molecule has 0 unspecified atom stereocenters. The van der Waals surface area contributed by atoms with Crippen molar-refractivity contribution in [2.24, 2.45) is 5.73 Å². The van der Waals surface area contributed by atoms with E-state index in [9.17, 15) is 10.0 Å². The number of rotatable bonds is 2. The molecule has 0 spiro atoms. The van der Waals surface area contributed by atoms with E-state index in [4.69, 9.17) is 5.73 Å². The molecule has 0 saturated carbocycles. The van der Waals surface area contributed by atoms with Crippen LogP contribution in [-0.2, 0) is 0 Å². The number of nitrogens with zero attached hydrogens (tertiary/aromatic N) is 2. The van der Waals surface area contributed by atoms with Crippen LogP contribution in [-0.4, -0.2) is 11.1 Å². The average Bonchev–Trinajstić information content (AvgIpc) is 2.58. The predicted octanol–water partition coefficient (Wildman–Crippen LogP) is 0.684. The Balaban J connectivity index is 2.85. The Morgan fingerprint density at radius 3 is 2.81 bits per heavy atom. The van der Waals surface area contributed by atoms with E-state index in [2.05, 4.69) is 9.79 Å². The normalized spacial score (nSPS) is 11.2. The first-order valence-electron chi connectivity index (χ1n) is 4.84. The van der Waals surface area contributed by atoms with E-state index < -0.39 is 5.91 Å². The Labute approximate surface area is 91.2 Å². The third-order valence-electron chi connectivity index (χ3n) is 2.46. The maximum absolute atomic E-state index is 11.4. The minimum atomic E-state index is -0.608.